The Morgan fingerprint density at radius 3 is 2.57 bits per heavy atom. The van der Waals surface area contributed by atoms with Gasteiger partial charge in [-0.15, -0.1) is 0 Å². The van der Waals surface area contributed by atoms with Crippen molar-refractivity contribution in [2.24, 2.45) is 5.92 Å². The van der Waals surface area contributed by atoms with Crippen molar-refractivity contribution in [1.29, 1.82) is 0 Å². The van der Waals surface area contributed by atoms with E-state index in [1.165, 1.54) is 16.7 Å². The van der Waals surface area contributed by atoms with E-state index in [-0.39, 0.29) is 17.8 Å². The van der Waals surface area contributed by atoms with Crippen molar-refractivity contribution < 1.29 is 9.47 Å². The van der Waals surface area contributed by atoms with Gasteiger partial charge in [-0.25, -0.2) is 0 Å². The van der Waals surface area contributed by atoms with Gasteiger partial charge < -0.3 is 9.47 Å². The molecule has 0 N–H and O–H groups in total. The van der Waals surface area contributed by atoms with Gasteiger partial charge in [0.25, 0.3) is 0 Å². The molecule has 0 bridgehead atoms. The highest BCUT2D eigenvalue weighted by molar-refractivity contribution is 5.42. The molecule has 23 heavy (non-hydrogen) atoms. The van der Waals surface area contributed by atoms with Crippen molar-refractivity contribution in [2.45, 2.75) is 51.4 Å². The van der Waals surface area contributed by atoms with Crippen molar-refractivity contribution in [1.82, 2.24) is 0 Å². The fraction of sp³-hybridized carbons (Fsp3) is 0.429. The molecule has 0 aliphatic carbocycles. The normalized spacial score (nSPS) is 28.4. The van der Waals surface area contributed by atoms with Gasteiger partial charge in [0.2, 0.25) is 0 Å². The van der Waals surface area contributed by atoms with Gasteiger partial charge in [0.05, 0.1) is 12.2 Å². The maximum absolute atomic E-state index is 6.61. The van der Waals surface area contributed by atoms with Crippen LogP contribution in [0.5, 0.6) is 5.75 Å². The summed E-state index contributed by atoms with van der Waals surface area (Å²) in [4.78, 5) is 0. The molecule has 1 fully saturated rings. The summed E-state index contributed by atoms with van der Waals surface area (Å²) in [6.45, 7) is 6.52. The Balaban J connectivity index is 1.72. The van der Waals surface area contributed by atoms with E-state index in [1.54, 1.807) is 0 Å². The summed E-state index contributed by atoms with van der Waals surface area (Å²) in [5.41, 5.74) is 3.57. The minimum atomic E-state index is -0.186. The molecule has 2 aliphatic rings. The molecule has 2 aliphatic heterocycles. The molecular formula is C21H24O2. The van der Waals surface area contributed by atoms with Crippen LogP contribution in [-0.2, 0) is 4.74 Å². The second-order valence-corrected chi connectivity index (χ2v) is 7.39. The van der Waals surface area contributed by atoms with Gasteiger partial charge in [-0.2, -0.15) is 0 Å². The Kier molecular flexibility index (Phi) is 3.46. The SMILES string of the molecule is Cc1ccc2c(c1)[C@H]1O[C@@H](c3ccccc3)CC[C@@H]1C(C)(C)O2. The zero-order valence-electron chi connectivity index (χ0n) is 14.1. The first-order chi connectivity index (χ1) is 11.0. The average molecular weight is 308 g/mol. The fourth-order valence-electron chi connectivity index (χ4n) is 4.08. The maximum Gasteiger partial charge on any atom is 0.125 e. The predicted octanol–water partition coefficient (Wildman–Crippen LogP) is 5.38. The number of hydrogen-bond acceptors (Lipinski definition) is 2. The molecule has 0 radical (unpaired) electrons. The molecule has 2 nitrogen and oxygen atoms in total. The number of ether oxygens (including phenoxy) is 2. The molecule has 2 heterocycles. The molecule has 120 valence electrons. The number of benzene rings is 2. The Morgan fingerprint density at radius 1 is 1.00 bits per heavy atom. The Labute approximate surface area is 138 Å². The molecule has 0 unspecified atom stereocenters. The number of hydrogen-bond donors (Lipinski definition) is 0. The largest absolute Gasteiger partial charge is 0.487 e. The van der Waals surface area contributed by atoms with Gasteiger partial charge in [0, 0.05) is 11.5 Å². The molecule has 2 aromatic rings. The van der Waals surface area contributed by atoms with E-state index >= 15 is 0 Å². The summed E-state index contributed by atoms with van der Waals surface area (Å²) >= 11 is 0. The number of aryl methyl sites for hydroxylation is 1. The third-order valence-electron chi connectivity index (χ3n) is 5.33. The minimum Gasteiger partial charge on any atom is -0.487 e. The van der Waals surface area contributed by atoms with Crippen LogP contribution in [-0.4, -0.2) is 5.60 Å². The average Bonchev–Trinajstić information content (AvgIpc) is 2.56. The molecule has 4 rings (SSSR count). The van der Waals surface area contributed by atoms with Gasteiger partial charge in [-0.1, -0.05) is 42.0 Å². The third kappa shape index (κ3) is 2.55. The van der Waals surface area contributed by atoms with Crippen molar-refractivity contribution in [3.05, 3.63) is 65.2 Å². The van der Waals surface area contributed by atoms with Crippen LogP contribution in [0.1, 0.15) is 55.6 Å². The maximum atomic E-state index is 6.61. The fourth-order valence-corrected chi connectivity index (χ4v) is 4.08. The van der Waals surface area contributed by atoms with Crippen LogP contribution in [0.25, 0.3) is 0 Å². The van der Waals surface area contributed by atoms with Gasteiger partial charge >= 0.3 is 0 Å². The van der Waals surface area contributed by atoms with Crippen LogP contribution in [0.4, 0.5) is 0 Å². The van der Waals surface area contributed by atoms with E-state index < -0.39 is 0 Å². The number of rotatable bonds is 1. The lowest BCUT2D eigenvalue weighted by Gasteiger charge is -2.49. The molecule has 0 saturated carbocycles. The summed E-state index contributed by atoms with van der Waals surface area (Å²) in [7, 11) is 0. The summed E-state index contributed by atoms with van der Waals surface area (Å²) in [6.07, 6.45) is 2.48. The first-order valence-corrected chi connectivity index (χ1v) is 8.54. The van der Waals surface area contributed by atoms with Crippen LogP contribution in [0.15, 0.2) is 48.5 Å². The molecular weight excluding hydrogens is 284 g/mol. The lowest BCUT2D eigenvalue weighted by molar-refractivity contribution is -0.151. The standard InChI is InChI=1S/C21H24O2/c1-14-9-11-19-16(13-14)20-17(21(2,3)23-19)10-12-18(22-20)15-7-5-4-6-8-15/h4-9,11,13,17-18,20H,10,12H2,1-3H3/t17-,18+,20+/m0/s1. The van der Waals surface area contributed by atoms with Crippen molar-refractivity contribution in [3.63, 3.8) is 0 Å². The third-order valence-corrected chi connectivity index (χ3v) is 5.33. The quantitative estimate of drug-likeness (QED) is 0.704. The van der Waals surface area contributed by atoms with E-state index in [1.807, 2.05) is 0 Å². The Hall–Kier alpha value is -1.80. The summed E-state index contributed by atoms with van der Waals surface area (Å²) in [5.74, 6) is 1.38. The number of fused-ring (bicyclic) bond motifs is 3. The second-order valence-electron chi connectivity index (χ2n) is 7.39. The van der Waals surface area contributed by atoms with Gasteiger partial charge in [0.15, 0.2) is 0 Å². The zero-order chi connectivity index (χ0) is 16.0. The smallest absolute Gasteiger partial charge is 0.125 e. The topological polar surface area (TPSA) is 18.5 Å². The molecule has 0 aromatic heterocycles. The predicted molar refractivity (Wildman–Crippen MR) is 91.6 cm³/mol. The molecule has 3 atom stereocenters. The highest BCUT2D eigenvalue weighted by atomic mass is 16.5. The highest BCUT2D eigenvalue weighted by Gasteiger charge is 2.47. The van der Waals surface area contributed by atoms with Gasteiger partial charge in [-0.3, -0.25) is 0 Å². The summed E-state index contributed by atoms with van der Waals surface area (Å²) in [6, 6.07) is 17.0. The molecule has 0 spiro atoms. The highest BCUT2D eigenvalue weighted by Crippen LogP contribution is 2.53. The Morgan fingerprint density at radius 2 is 1.78 bits per heavy atom. The summed E-state index contributed by atoms with van der Waals surface area (Å²) in [5, 5.41) is 0. The van der Waals surface area contributed by atoms with Gasteiger partial charge in [-0.05, 0) is 51.3 Å². The van der Waals surface area contributed by atoms with Crippen LogP contribution < -0.4 is 4.74 Å². The lowest BCUT2D eigenvalue weighted by atomic mass is 9.74. The van der Waals surface area contributed by atoms with Crippen LogP contribution in [0.3, 0.4) is 0 Å². The van der Waals surface area contributed by atoms with Crippen molar-refractivity contribution in [3.8, 4) is 5.75 Å². The molecule has 2 aromatic carbocycles. The van der Waals surface area contributed by atoms with Crippen LogP contribution in [0, 0.1) is 12.8 Å². The van der Waals surface area contributed by atoms with Crippen LogP contribution >= 0.6 is 0 Å². The Bertz CT molecular complexity index is 705. The minimum absolute atomic E-state index is 0.118. The van der Waals surface area contributed by atoms with E-state index in [2.05, 4.69) is 69.3 Å². The van der Waals surface area contributed by atoms with Crippen LogP contribution in [0.2, 0.25) is 0 Å². The van der Waals surface area contributed by atoms with E-state index in [9.17, 15) is 0 Å². The molecule has 2 heteroatoms. The van der Waals surface area contributed by atoms with E-state index in [4.69, 9.17) is 9.47 Å². The van der Waals surface area contributed by atoms with Crippen molar-refractivity contribution >= 4 is 0 Å². The van der Waals surface area contributed by atoms with Crippen molar-refractivity contribution in [2.75, 3.05) is 0 Å². The van der Waals surface area contributed by atoms with E-state index in [0.717, 1.165) is 18.6 Å². The molecule has 1 saturated heterocycles. The second kappa shape index (κ2) is 5.38. The molecule has 0 amide bonds. The van der Waals surface area contributed by atoms with Gasteiger partial charge in [0.1, 0.15) is 11.4 Å². The monoisotopic (exact) mass is 308 g/mol. The summed E-state index contributed by atoms with van der Waals surface area (Å²) < 4.78 is 12.9. The first kappa shape index (κ1) is 14.8. The zero-order valence-corrected chi connectivity index (χ0v) is 14.1. The lowest BCUT2D eigenvalue weighted by Crippen LogP contribution is -2.47. The van der Waals surface area contributed by atoms with E-state index in [0.29, 0.717) is 5.92 Å². The first-order valence-electron chi connectivity index (χ1n) is 8.54.